The van der Waals surface area contributed by atoms with Crippen LogP contribution in [0.1, 0.15) is 30.1 Å². The first-order valence-electron chi connectivity index (χ1n) is 6.85. The molecule has 0 radical (unpaired) electrons. The van der Waals surface area contributed by atoms with E-state index in [0.717, 1.165) is 25.3 Å². The van der Waals surface area contributed by atoms with Gasteiger partial charge in [0.2, 0.25) is 0 Å². The summed E-state index contributed by atoms with van der Waals surface area (Å²) in [5, 5.41) is 0. The highest BCUT2D eigenvalue weighted by atomic mass is 19.1. The molecule has 0 aliphatic carbocycles. The first-order chi connectivity index (χ1) is 9.13. The van der Waals surface area contributed by atoms with Crippen LogP contribution in [0.5, 0.6) is 0 Å². The SMILES string of the molecule is CCN1CCCC1CN(C)c1cc(F)cc(C=O)c1. The maximum Gasteiger partial charge on any atom is 0.150 e. The minimum Gasteiger partial charge on any atom is -0.373 e. The predicted octanol–water partition coefficient (Wildman–Crippen LogP) is 2.56. The highest BCUT2D eigenvalue weighted by molar-refractivity contribution is 5.77. The number of benzene rings is 1. The normalized spacial score (nSPS) is 19.6. The Labute approximate surface area is 114 Å². The number of hydrogen-bond donors (Lipinski definition) is 0. The molecule has 1 heterocycles. The van der Waals surface area contributed by atoms with Gasteiger partial charge in [0.25, 0.3) is 0 Å². The molecule has 4 heteroatoms. The first kappa shape index (κ1) is 14.0. The zero-order valence-corrected chi connectivity index (χ0v) is 11.6. The summed E-state index contributed by atoms with van der Waals surface area (Å²) in [6, 6.07) is 5.01. The van der Waals surface area contributed by atoms with Crippen molar-refractivity contribution in [1.29, 1.82) is 0 Å². The Balaban J connectivity index is 2.09. The van der Waals surface area contributed by atoms with Crippen molar-refractivity contribution in [1.82, 2.24) is 4.90 Å². The van der Waals surface area contributed by atoms with Gasteiger partial charge in [-0.1, -0.05) is 6.92 Å². The third kappa shape index (κ3) is 3.32. The summed E-state index contributed by atoms with van der Waals surface area (Å²) < 4.78 is 13.4. The highest BCUT2D eigenvalue weighted by Gasteiger charge is 2.24. The largest absolute Gasteiger partial charge is 0.373 e. The van der Waals surface area contributed by atoms with Gasteiger partial charge in [0.15, 0.2) is 0 Å². The molecule has 1 aromatic carbocycles. The van der Waals surface area contributed by atoms with E-state index in [-0.39, 0.29) is 5.82 Å². The van der Waals surface area contributed by atoms with Gasteiger partial charge in [-0.05, 0) is 44.1 Å². The molecule has 1 unspecified atom stereocenters. The highest BCUT2D eigenvalue weighted by Crippen LogP contribution is 2.22. The molecule has 0 spiro atoms. The van der Waals surface area contributed by atoms with Gasteiger partial charge in [-0.25, -0.2) is 4.39 Å². The topological polar surface area (TPSA) is 23.6 Å². The van der Waals surface area contributed by atoms with Crippen LogP contribution in [0.2, 0.25) is 0 Å². The van der Waals surface area contributed by atoms with Gasteiger partial charge in [0.1, 0.15) is 12.1 Å². The third-order valence-corrected chi connectivity index (χ3v) is 3.87. The van der Waals surface area contributed by atoms with Crippen LogP contribution < -0.4 is 4.90 Å². The van der Waals surface area contributed by atoms with Crippen molar-refractivity contribution >= 4 is 12.0 Å². The van der Waals surface area contributed by atoms with E-state index in [1.54, 1.807) is 6.07 Å². The van der Waals surface area contributed by atoms with Crippen molar-refractivity contribution in [2.75, 3.05) is 31.6 Å². The molecule has 0 bridgehead atoms. The van der Waals surface area contributed by atoms with E-state index in [1.165, 1.54) is 25.0 Å². The summed E-state index contributed by atoms with van der Waals surface area (Å²) in [7, 11) is 1.95. The quantitative estimate of drug-likeness (QED) is 0.764. The lowest BCUT2D eigenvalue weighted by Crippen LogP contribution is -2.38. The molecule has 2 rings (SSSR count). The summed E-state index contributed by atoms with van der Waals surface area (Å²) in [5.41, 5.74) is 1.16. The van der Waals surface area contributed by atoms with Gasteiger partial charge in [0.05, 0.1) is 0 Å². The fraction of sp³-hybridized carbons (Fsp3) is 0.533. The Hall–Kier alpha value is -1.42. The van der Waals surface area contributed by atoms with E-state index in [4.69, 9.17) is 0 Å². The van der Waals surface area contributed by atoms with Crippen LogP contribution in [-0.2, 0) is 0 Å². The number of anilines is 1. The van der Waals surface area contributed by atoms with Crippen LogP contribution in [0.15, 0.2) is 18.2 Å². The van der Waals surface area contributed by atoms with Crippen LogP contribution in [0.3, 0.4) is 0 Å². The van der Waals surface area contributed by atoms with Crippen LogP contribution in [-0.4, -0.2) is 43.9 Å². The Morgan fingerprint density at radius 1 is 1.47 bits per heavy atom. The summed E-state index contributed by atoms with van der Waals surface area (Å²) in [6.45, 7) is 5.25. The van der Waals surface area contributed by atoms with E-state index in [0.29, 0.717) is 17.9 Å². The minimum absolute atomic E-state index is 0.356. The lowest BCUT2D eigenvalue weighted by Gasteiger charge is -2.29. The molecule has 0 saturated carbocycles. The van der Waals surface area contributed by atoms with Gasteiger partial charge in [-0.3, -0.25) is 9.69 Å². The van der Waals surface area contributed by atoms with Gasteiger partial charge in [0, 0.05) is 30.9 Å². The minimum atomic E-state index is -0.356. The molecule has 19 heavy (non-hydrogen) atoms. The fourth-order valence-electron chi connectivity index (χ4n) is 2.82. The lowest BCUT2D eigenvalue weighted by atomic mass is 10.1. The van der Waals surface area contributed by atoms with Crippen molar-refractivity contribution < 1.29 is 9.18 Å². The average molecular weight is 264 g/mol. The smallest absolute Gasteiger partial charge is 0.150 e. The Bertz CT molecular complexity index is 450. The van der Waals surface area contributed by atoms with Gasteiger partial charge >= 0.3 is 0 Å². The Kier molecular flexibility index (Phi) is 4.53. The summed E-state index contributed by atoms with van der Waals surface area (Å²) in [5.74, 6) is -0.356. The van der Waals surface area contributed by atoms with Gasteiger partial charge in [-0.15, -0.1) is 0 Å². The Morgan fingerprint density at radius 2 is 2.26 bits per heavy atom. The number of likely N-dealkylation sites (tertiary alicyclic amines) is 1. The molecule has 1 atom stereocenters. The number of rotatable bonds is 5. The van der Waals surface area contributed by atoms with Gasteiger partial charge < -0.3 is 4.90 Å². The molecule has 1 aliphatic heterocycles. The van der Waals surface area contributed by atoms with Crippen molar-refractivity contribution in [2.45, 2.75) is 25.8 Å². The molecule has 1 aromatic rings. The van der Waals surface area contributed by atoms with Crippen molar-refractivity contribution in [3.63, 3.8) is 0 Å². The average Bonchev–Trinajstić information content (AvgIpc) is 2.85. The lowest BCUT2D eigenvalue weighted by molar-refractivity contribution is 0.112. The van der Waals surface area contributed by atoms with Gasteiger partial charge in [-0.2, -0.15) is 0 Å². The summed E-state index contributed by atoms with van der Waals surface area (Å²) in [4.78, 5) is 15.3. The molecule has 1 fully saturated rings. The van der Waals surface area contributed by atoms with Crippen LogP contribution in [0.4, 0.5) is 10.1 Å². The standard InChI is InChI=1S/C15H21FN2O/c1-3-18-6-4-5-14(18)10-17(2)15-8-12(11-19)7-13(16)9-15/h7-9,11,14H,3-6,10H2,1-2H3. The summed E-state index contributed by atoms with van der Waals surface area (Å²) >= 11 is 0. The molecule has 104 valence electrons. The molecular formula is C15H21FN2O. The van der Waals surface area contributed by atoms with Crippen molar-refractivity contribution in [3.8, 4) is 0 Å². The zero-order valence-electron chi connectivity index (χ0n) is 11.6. The number of carbonyl (C=O) groups is 1. The number of halogens is 1. The van der Waals surface area contributed by atoms with E-state index in [1.807, 2.05) is 11.9 Å². The van der Waals surface area contributed by atoms with Crippen molar-refractivity contribution in [2.24, 2.45) is 0 Å². The maximum atomic E-state index is 13.4. The second kappa shape index (κ2) is 6.15. The van der Waals surface area contributed by atoms with E-state index in [9.17, 15) is 9.18 Å². The van der Waals surface area contributed by atoms with Crippen LogP contribution >= 0.6 is 0 Å². The number of likely N-dealkylation sites (N-methyl/N-ethyl adjacent to an activating group) is 2. The molecule has 0 aromatic heterocycles. The molecule has 3 nitrogen and oxygen atoms in total. The number of carbonyl (C=O) groups excluding carboxylic acids is 1. The second-order valence-electron chi connectivity index (χ2n) is 5.17. The number of nitrogens with zero attached hydrogens (tertiary/aromatic N) is 2. The predicted molar refractivity (Wildman–Crippen MR) is 75.3 cm³/mol. The maximum absolute atomic E-state index is 13.4. The molecular weight excluding hydrogens is 243 g/mol. The van der Waals surface area contributed by atoms with E-state index < -0.39 is 0 Å². The van der Waals surface area contributed by atoms with Crippen LogP contribution in [0, 0.1) is 5.82 Å². The molecule has 1 aliphatic rings. The first-order valence-corrected chi connectivity index (χ1v) is 6.85. The van der Waals surface area contributed by atoms with Crippen molar-refractivity contribution in [3.05, 3.63) is 29.6 Å². The number of aldehydes is 1. The zero-order chi connectivity index (χ0) is 13.8. The van der Waals surface area contributed by atoms with E-state index >= 15 is 0 Å². The molecule has 0 N–H and O–H groups in total. The summed E-state index contributed by atoms with van der Waals surface area (Å²) in [6.07, 6.45) is 3.11. The molecule has 0 amide bonds. The van der Waals surface area contributed by atoms with Crippen LogP contribution in [0.25, 0.3) is 0 Å². The van der Waals surface area contributed by atoms with E-state index in [2.05, 4.69) is 11.8 Å². The second-order valence-corrected chi connectivity index (χ2v) is 5.17. The molecule has 1 saturated heterocycles. The monoisotopic (exact) mass is 264 g/mol. The Morgan fingerprint density at radius 3 is 2.95 bits per heavy atom. The number of hydrogen-bond acceptors (Lipinski definition) is 3. The fourth-order valence-corrected chi connectivity index (χ4v) is 2.82. The third-order valence-electron chi connectivity index (χ3n) is 3.87.